The van der Waals surface area contributed by atoms with Gasteiger partial charge >= 0.3 is 5.69 Å². The van der Waals surface area contributed by atoms with Crippen LogP contribution in [-0.2, 0) is 6.54 Å². The minimum Gasteiger partial charge on any atom is -0.360 e. The summed E-state index contributed by atoms with van der Waals surface area (Å²) < 4.78 is 0. The summed E-state index contributed by atoms with van der Waals surface area (Å²) in [5, 5.41) is 14.9. The van der Waals surface area contributed by atoms with Crippen molar-refractivity contribution in [1.82, 2.24) is 15.0 Å². The van der Waals surface area contributed by atoms with E-state index in [4.69, 9.17) is 0 Å². The molecule has 0 spiro atoms. The van der Waals surface area contributed by atoms with Crippen LogP contribution in [0, 0.1) is 10.1 Å². The first kappa shape index (κ1) is 18.6. The lowest BCUT2D eigenvalue weighted by molar-refractivity contribution is -0.383. The molecule has 0 amide bonds. The maximum atomic E-state index is 11.8. The largest absolute Gasteiger partial charge is 0.360 e. The number of anilines is 3. The summed E-state index contributed by atoms with van der Waals surface area (Å²) in [6.45, 7) is 3.11. The lowest BCUT2D eigenvalue weighted by Gasteiger charge is -2.35. The summed E-state index contributed by atoms with van der Waals surface area (Å²) in [6.07, 6.45) is 3.14. The first-order valence-corrected chi connectivity index (χ1v) is 9.40. The molecule has 0 radical (unpaired) electrons. The van der Waals surface area contributed by atoms with Gasteiger partial charge in [0.15, 0.2) is 0 Å². The first-order valence-electron chi connectivity index (χ1n) is 9.40. The van der Waals surface area contributed by atoms with Gasteiger partial charge in [-0.25, -0.2) is 15.0 Å². The highest BCUT2D eigenvalue weighted by molar-refractivity contribution is 5.70. The number of nitro groups is 1. The number of nitrogens with zero attached hydrogens (tertiary/aromatic N) is 6. The van der Waals surface area contributed by atoms with Crippen molar-refractivity contribution in [3.63, 3.8) is 0 Å². The van der Waals surface area contributed by atoms with Gasteiger partial charge in [0.2, 0.25) is 11.6 Å². The minimum absolute atomic E-state index is 0.0882. The molecule has 3 heterocycles. The van der Waals surface area contributed by atoms with Crippen LogP contribution in [0.25, 0.3) is 0 Å². The number of nitrogens with one attached hydrogen (secondary N) is 1. The third kappa shape index (κ3) is 4.23. The topological polar surface area (TPSA) is 100 Å². The van der Waals surface area contributed by atoms with E-state index in [-0.39, 0.29) is 11.5 Å². The molecule has 1 saturated heterocycles. The molecule has 1 fully saturated rings. The highest BCUT2D eigenvalue weighted by Crippen LogP contribution is 2.32. The van der Waals surface area contributed by atoms with E-state index in [1.54, 1.807) is 6.20 Å². The molecule has 1 aliphatic rings. The molecule has 0 atom stereocenters. The van der Waals surface area contributed by atoms with Crippen LogP contribution in [0.2, 0.25) is 0 Å². The third-order valence-corrected chi connectivity index (χ3v) is 4.84. The zero-order valence-electron chi connectivity index (χ0n) is 15.8. The van der Waals surface area contributed by atoms with E-state index in [9.17, 15) is 10.1 Å². The number of hydrogen-bond donors (Lipinski definition) is 1. The lowest BCUT2D eigenvalue weighted by atomic mass is 10.2. The van der Waals surface area contributed by atoms with Crippen molar-refractivity contribution >= 4 is 23.1 Å². The van der Waals surface area contributed by atoms with Crippen molar-refractivity contribution in [2.45, 2.75) is 6.54 Å². The number of aromatic nitrogens is 3. The Morgan fingerprint density at radius 3 is 2.34 bits per heavy atom. The minimum atomic E-state index is -0.409. The number of benzene rings is 1. The summed E-state index contributed by atoms with van der Waals surface area (Å²) in [4.78, 5) is 28.2. The Labute approximate surface area is 168 Å². The number of hydrogen-bond acceptors (Lipinski definition) is 8. The van der Waals surface area contributed by atoms with Crippen LogP contribution in [0.3, 0.4) is 0 Å². The molecule has 1 aromatic carbocycles. The molecule has 3 aromatic rings. The zero-order chi connectivity index (χ0) is 20.1. The van der Waals surface area contributed by atoms with Crippen LogP contribution in [0.5, 0.6) is 0 Å². The molecule has 148 valence electrons. The first-order chi connectivity index (χ1) is 14.2. The van der Waals surface area contributed by atoms with Crippen LogP contribution >= 0.6 is 0 Å². The molecule has 0 saturated carbocycles. The van der Waals surface area contributed by atoms with Crippen LogP contribution in [0.4, 0.5) is 23.1 Å². The molecule has 2 aromatic heterocycles. The second-order valence-electron chi connectivity index (χ2n) is 6.65. The van der Waals surface area contributed by atoms with E-state index in [1.165, 1.54) is 6.33 Å². The number of rotatable bonds is 6. The molecular weight excluding hydrogens is 370 g/mol. The van der Waals surface area contributed by atoms with Crippen molar-refractivity contribution in [2.24, 2.45) is 0 Å². The molecule has 29 heavy (non-hydrogen) atoms. The van der Waals surface area contributed by atoms with E-state index in [1.807, 2.05) is 53.4 Å². The fourth-order valence-corrected chi connectivity index (χ4v) is 3.37. The van der Waals surface area contributed by atoms with Crippen molar-refractivity contribution in [3.05, 3.63) is 76.7 Å². The van der Waals surface area contributed by atoms with Crippen LogP contribution < -0.4 is 15.1 Å². The smallest absolute Gasteiger partial charge is 0.353 e. The van der Waals surface area contributed by atoms with Gasteiger partial charge in [-0.1, -0.05) is 36.4 Å². The molecule has 4 rings (SSSR count). The summed E-state index contributed by atoms with van der Waals surface area (Å²) in [6, 6.07) is 15.5. The second-order valence-corrected chi connectivity index (χ2v) is 6.65. The van der Waals surface area contributed by atoms with Gasteiger partial charge in [0.25, 0.3) is 0 Å². The standard InChI is InChI=1S/C20H21N7O2/c28-27(29)18-19(22-14-16-6-2-1-3-7-16)23-15-24-20(18)26-12-10-25(11-13-26)17-8-4-5-9-21-17/h1-9,15H,10-14H2,(H,22,23,24). The fraction of sp³-hybridized carbons (Fsp3) is 0.250. The average Bonchev–Trinajstić information content (AvgIpc) is 2.78. The predicted octanol–water partition coefficient (Wildman–Crippen LogP) is 2.72. The Balaban J connectivity index is 1.51. The highest BCUT2D eigenvalue weighted by atomic mass is 16.6. The van der Waals surface area contributed by atoms with Gasteiger partial charge in [-0.3, -0.25) is 10.1 Å². The second kappa shape index (κ2) is 8.51. The SMILES string of the molecule is O=[N+]([O-])c1c(NCc2ccccc2)ncnc1N1CCN(c2ccccn2)CC1. The quantitative estimate of drug-likeness (QED) is 0.506. The summed E-state index contributed by atoms with van der Waals surface area (Å²) >= 11 is 0. The predicted molar refractivity (Wildman–Crippen MR) is 111 cm³/mol. The van der Waals surface area contributed by atoms with Gasteiger partial charge in [0.1, 0.15) is 12.1 Å². The maximum absolute atomic E-state index is 11.8. The zero-order valence-corrected chi connectivity index (χ0v) is 15.8. The van der Waals surface area contributed by atoms with E-state index in [2.05, 4.69) is 25.2 Å². The number of pyridine rings is 1. The van der Waals surface area contributed by atoms with Crippen molar-refractivity contribution in [2.75, 3.05) is 41.3 Å². The Morgan fingerprint density at radius 2 is 1.66 bits per heavy atom. The Morgan fingerprint density at radius 1 is 0.931 bits per heavy atom. The number of piperazine rings is 1. The molecule has 0 bridgehead atoms. The van der Waals surface area contributed by atoms with E-state index >= 15 is 0 Å². The molecule has 9 nitrogen and oxygen atoms in total. The summed E-state index contributed by atoms with van der Waals surface area (Å²) in [5.74, 6) is 1.49. The molecular formula is C20H21N7O2. The maximum Gasteiger partial charge on any atom is 0.353 e. The van der Waals surface area contributed by atoms with Crippen molar-refractivity contribution in [3.8, 4) is 0 Å². The molecule has 1 aliphatic heterocycles. The van der Waals surface area contributed by atoms with Gasteiger partial charge in [-0.05, 0) is 17.7 Å². The van der Waals surface area contributed by atoms with Crippen LogP contribution in [0.15, 0.2) is 61.1 Å². The highest BCUT2D eigenvalue weighted by Gasteiger charge is 2.29. The van der Waals surface area contributed by atoms with Crippen molar-refractivity contribution in [1.29, 1.82) is 0 Å². The molecule has 9 heteroatoms. The normalized spacial score (nSPS) is 13.9. The summed E-state index contributed by atoms with van der Waals surface area (Å²) in [5.41, 5.74) is 0.931. The molecule has 0 unspecified atom stereocenters. The van der Waals surface area contributed by atoms with Gasteiger partial charge in [-0.15, -0.1) is 0 Å². The summed E-state index contributed by atoms with van der Waals surface area (Å²) in [7, 11) is 0. The Hall–Kier alpha value is -3.75. The van der Waals surface area contributed by atoms with Gasteiger partial charge in [-0.2, -0.15) is 0 Å². The third-order valence-electron chi connectivity index (χ3n) is 4.84. The Bertz CT molecular complexity index is 961. The molecule has 0 aliphatic carbocycles. The van der Waals surface area contributed by atoms with E-state index in [0.717, 1.165) is 11.4 Å². The Kier molecular flexibility index (Phi) is 5.46. The fourth-order valence-electron chi connectivity index (χ4n) is 3.37. The van der Waals surface area contributed by atoms with Gasteiger partial charge in [0, 0.05) is 38.9 Å². The van der Waals surface area contributed by atoms with Crippen LogP contribution in [-0.4, -0.2) is 46.1 Å². The van der Waals surface area contributed by atoms with Gasteiger partial charge < -0.3 is 15.1 Å². The molecule has 1 N–H and O–H groups in total. The van der Waals surface area contributed by atoms with Gasteiger partial charge in [0.05, 0.1) is 4.92 Å². The monoisotopic (exact) mass is 391 g/mol. The average molecular weight is 391 g/mol. The van der Waals surface area contributed by atoms with Crippen molar-refractivity contribution < 1.29 is 4.92 Å². The van der Waals surface area contributed by atoms with E-state index in [0.29, 0.717) is 38.5 Å². The lowest BCUT2D eigenvalue weighted by Crippen LogP contribution is -2.47. The van der Waals surface area contributed by atoms with E-state index < -0.39 is 4.92 Å². The van der Waals surface area contributed by atoms with Crippen LogP contribution in [0.1, 0.15) is 5.56 Å².